The highest BCUT2D eigenvalue weighted by atomic mass is 16.5. The summed E-state index contributed by atoms with van der Waals surface area (Å²) in [6.45, 7) is 11.0. The van der Waals surface area contributed by atoms with Crippen molar-refractivity contribution in [3.63, 3.8) is 0 Å². The van der Waals surface area contributed by atoms with Crippen LogP contribution in [0.3, 0.4) is 0 Å². The van der Waals surface area contributed by atoms with Gasteiger partial charge in [-0.1, -0.05) is 86.0 Å². The standard InChI is InChI=1S/C32H34O4/c1-23(2)31(33)35-21-29-17-13-27(14-18-29)11-9-25-5-7-26(8-6-25)10-12-28-15-19-30(20-16-28)22-36-32(34)24(3)4/h5-8,13-20H,1,3,9-12,21-22H2,2,4H3. The maximum atomic E-state index is 11.5. The lowest BCUT2D eigenvalue weighted by molar-refractivity contribution is -0.141. The molecular weight excluding hydrogens is 448 g/mol. The fourth-order valence-electron chi connectivity index (χ4n) is 3.60. The lowest BCUT2D eigenvalue weighted by Gasteiger charge is -2.08. The molecule has 0 atom stereocenters. The fraction of sp³-hybridized carbons (Fsp3) is 0.250. The van der Waals surface area contributed by atoms with Crippen LogP contribution in [0.15, 0.2) is 97.1 Å². The number of rotatable bonds is 12. The molecule has 4 heteroatoms. The van der Waals surface area contributed by atoms with Gasteiger partial charge in [0.15, 0.2) is 0 Å². The van der Waals surface area contributed by atoms with Crippen molar-refractivity contribution in [3.8, 4) is 0 Å². The molecule has 3 aromatic carbocycles. The molecule has 0 aliphatic heterocycles. The Morgan fingerprint density at radius 1 is 0.500 bits per heavy atom. The molecule has 0 amide bonds. The van der Waals surface area contributed by atoms with E-state index in [2.05, 4.69) is 61.7 Å². The summed E-state index contributed by atoms with van der Waals surface area (Å²) in [7, 11) is 0. The zero-order chi connectivity index (χ0) is 25.9. The van der Waals surface area contributed by atoms with Crippen LogP contribution < -0.4 is 0 Å². The predicted octanol–water partition coefficient (Wildman–Crippen LogP) is 6.50. The third-order valence-electron chi connectivity index (χ3n) is 5.91. The zero-order valence-corrected chi connectivity index (χ0v) is 21.2. The summed E-state index contributed by atoms with van der Waals surface area (Å²) in [5, 5.41) is 0. The Kier molecular flexibility index (Phi) is 9.82. The van der Waals surface area contributed by atoms with Crippen molar-refractivity contribution < 1.29 is 19.1 Å². The minimum absolute atomic E-state index is 0.266. The molecule has 0 aliphatic carbocycles. The number of esters is 2. The van der Waals surface area contributed by atoms with Crippen LogP contribution in [0.1, 0.15) is 47.2 Å². The number of carbonyl (C=O) groups excluding carboxylic acids is 2. The maximum absolute atomic E-state index is 11.5. The van der Waals surface area contributed by atoms with Crippen molar-refractivity contribution in [1.29, 1.82) is 0 Å². The quantitative estimate of drug-likeness (QED) is 0.219. The number of ether oxygens (including phenoxy) is 2. The van der Waals surface area contributed by atoms with E-state index in [0.29, 0.717) is 11.1 Å². The first kappa shape index (κ1) is 26.7. The zero-order valence-electron chi connectivity index (χ0n) is 21.2. The van der Waals surface area contributed by atoms with Crippen LogP contribution in [-0.4, -0.2) is 11.9 Å². The topological polar surface area (TPSA) is 52.6 Å². The average molecular weight is 483 g/mol. The highest BCUT2D eigenvalue weighted by Gasteiger charge is 2.05. The molecule has 36 heavy (non-hydrogen) atoms. The highest BCUT2D eigenvalue weighted by Crippen LogP contribution is 2.14. The number of carbonyl (C=O) groups is 2. The van der Waals surface area contributed by atoms with Gasteiger partial charge in [-0.15, -0.1) is 0 Å². The largest absolute Gasteiger partial charge is 0.457 e. The van der Waals surface area contributed by atoms with Gasteiger partial charge in [0.05, 0.1) is 0 Å². The first-order valence-corrected chi connectivity index (χ1v) is 12.2. The lowest BCUT2D eigenvalue weighted by Crippen LogP contribution is -2.04. The molecule has 0 aromatic heterocycles. The summed E-state index contributed by atoms with van der Waals surface area (Å²) < 4.78 is 10.4. The van der Waals surface area contributed by atoms with Gasteiger partial charge >= 0.3 is 11.9 Å². The lowest BCUT2D eigenvalue weighted by atomic mass is 9.99. The van der Waals surface area contributed by atoms with Crippen LogP contribution in [-0.2, 0) is 58.0 Å². The summed E-state index contributed by atoms with van der Waals surface area (Å²) >= 11 is 0. The van der Waals surface area contributed by atoms with Gasteiger partial charge in [-0.2, -0.15) is 0 Å². The monoisotopic (exact) mass is 482 g/mol. The van der Waals surface area contributed by atoms with Crippen LogP contribution in [0, 0.1) is 0 Å². The molecule has 0 unspecified atom stereocenters. The van der Waals surface area contributed by atoms with E-state index in [1.165, 1.54) is 22.3 Å². The Balaban J connectivity index is 1.41. The molecule has 0 bridgehead atoms. The van der Waals surface area contributed by atoms with Crippen LogP contribution in [0.2, 0.25) is 0 Å². The molecule has 3 aromatic rings. The minimum Gasteiger partial charge on any atom is -0.457 e. The fourth-order valence-corrected chi connectivity index (χ4v) is 3.60. The predicted molar refractivity (Wildman–Crippen MR) is 143 cm³/mol. The minimum atomic E-state index is -0.362. The van der Waals surface area contributed by atoms with E-state index in [-0.39, 0.29) is 25.2 Å². The van der Waals surface area contributed by atoms with Crippen molar-refractivity contribution in [2.45, 2.75) is 52.7 Å². The Bertz CT molecular complexity index is 1090. The maximum Gasteiger partial charge on any atom is 0.333 e. The first-order valence-electron chi connectivity index (χ1n) is 12.2. The van der Waals surface area contributed by atoms with E-state index in [4.69, 9.17) is 9.47 Å². The van der Waals surface area contributed by atoms with Crippen LogP contribution >= 0.6 is 0 Å². The van der Waals surface area contributed by atoms with Crippen LogP contribution in [0.25, 0.3) is 0 Å². The third kappa shape index (κ3) is 8.70. The number of aryl methyl sites for hydroxylation is 4. The van der Waals surface area contributed by atoms with Gasteiger partial charge in [-0.05, 0) is 72.9 Å². The first-order chi connectivity index (χ1) is 17.3. The second-order valence-electron chi connectivity index (χ2n) is 9.16. The summed E-state index contributed by atoms with van der Waals surface area (Å²) in [6.07, 6.45) is 3.86. The average Bonchev–Trinajstić information content (AvgIpc) is 2.89. The van der Waals surface area contributed by atoms with Crippen molar-refractivity contribution >= 4 is 11.9 Å². The normalized spacial score (nSPS) is 10.5. The summed E-state index contributed by atoms with van der Waals surface area (Å²) in [5.41, 5.74) is 7.90. The van der Waals surface area contributed by atoms with Crippen LogP contribution in [0.4, 0.5) is 0 Å². The SMILES string of the molecule is C=C(C)C(=O)OCc1ccc(CCc2ccc(CCc3ccc(COC(=O)C(=C)C)cc3)cc2)cc1. The van der Waals surface area contributed by atoms with Crippen molar-refractivity contribution in [1.82, 2.24) is 0 Å². The second kappa shape index (κ2) is 13.2. The third-order valence-corrected chi connectivity index (χ3v) is 5.91. The van der Waals surface area contributed by atoms with Gasteiger partial charge in [0.25, 0.3) is 0 Å². The van der Waals surface area contributed by atoms with E-state index >= 15 is 0 Å². The van der Waals surface area contributed by atoms with Gasteiger partial charge in [0.2, 0.25) is 0 Å². The molecule has 0 saturated carbocycles. The molecule has 3 rings (SSSR count). The van der Waals surface area contributed by atoms with Crippen molar-refractivity contribution in [3.05, 3.63) is 130 Å². The van der Waals surface area contributed by atoms with Crippen LogP contribution in [0.5, 0.6) is 0 Å². The Hall–Kier alpha value is -3.92. The Morgan fingerprint density at radius 2 is 0.722 bits per heavy atom. The molecule has 0 N–H and O–H groups in total. The highest BCUT2D eigenvalue weighted by molar-refractivity contribution is 5.87. The number of benzene rings is 3. The molecule has 0 spiro atoms. The van der Waals surface area contributed by atoms with Gasteiger partial charge < -0.3 is 9.47 Å². The summed E-state index contributed by atoms with van der Waals surface area (Å²) in [6, 6.07) is 25.2. The molecule has 186 valence electrons. The molecule has 0 fully saturated rings. The summed E-state index contributed by atoms with van der Waals surface area (Å²) in [5.74, 6) is -0.724. The van der Waals surface area contributed by atoms with Gasteiger partial charge in [-0.25, -0.2) is 9.59 Å². The van der Waals surface area contributed by atoms with E-state index in [1.807, 2.05) is 24.3 Å². The van der Waals surface area contributed by atoms with E-state index in [0.717, 1.165) is 36.8 Å². The van der Waals surface area contributed by atoms with Gasteiger partial charge in [-0.3, -0.25) is 0 Å². The Labute approximate surface area is 214 Å². The van der Waals surface area contributed by atoms with Gasteiger partial charge in [0, 0.05) is 11.1 Å². The van der Waals surface area contributed by atoms with E-state index < -0.39 is 0 Å². The van der Waals surface area contributed by atoms with Crippen molar-refractivity contribution in [2.75, 3.05) is 0 Å². The smallest absolute Gasteiger partial charge is 0.333 e. The number of hydrogen-bond acceptors (Lipinski definition) is 4. The molecule has 0 heterocycles. The van der Waals surface area contributed by atoms with E-state index in [9.17, 15) is 9.59 Å². The Morgan fingerprint density at radius 3 is 0.944 bits per heavy atom. The molecule has 0 radical (unpaired) electrons. The molecular formula is C32H34O4. The second-order valence-corrected chi connectivity index (χ2v) is 9.16. The van der Waals surface area contributed by atoms with E-state index in [1.54, 1.807) is 13.8 Å². The van der Waals surface area contributed by atoms with Crippen molar-refractivity contribution in [2.24, 2.45) is 0 Å². The molecule has 0 aliphatic rings. The molecule has 4 nitrogen and oxygen atoms in total. The number of hydrogen-bond donors (Lipinski definition) is 0. The summed E-state index contributed by atoms with van der Waals surface area (Å²) in [4.78, 5) is 23.0. The van der Waals surface area contributed by atoms with Gasteiger partial charge in [0.1, 0.15) is 13.2 Å². The molecule has 0 saturated heterocycles.